The van der Waals surface area contributed by atoms with Gasteiger partial charge in [0, 0.05) is 12.5 Å². The third kappa shape index (κ3) is 3.80. The lowest BCUT2D eigenvalue weighted by atomic mass is 10.0. The molecule has 112 valence electrons. The molecule has 1 aliphatic carbocycles. The highest BCUT2D eigenvalue weighted by atomic mass is 32.2. The van der Waals surface area contributed by atoms with Crippen molar-refractivity contribution >= 4 is 16.3 Å². The molecule has 1 aromatic rings. The molecule has 0 aliphatic heterocycles. The largest absolute Gasteiger partial charge is 0.491 e. The van der Waals surface area contributed by atoms with Gasteiger partial charge in [-0.3, -0.25) is 0 Å². The van der Waals surface area contributed by atoms with Gasteiger partial charge in [0.25, 0.3) is 0 Å². The molecule has 1 unspecified atom stereocenters. The van der Waals surface area contributed by atoms with E-state index in [2.05, 4.69) is 10.8 Å². The third-order valence-electron chi connectivity index (χ3n) is 3.35. The summed E-state index contributed by atoms with van der Waals surface area (Å²) in [5.74, 6) is 0.354. The summed E-state index contributed by atoms with van der Waals surface area (Å²) in [6, 6.07) is 5.68. The van der Waals surface area contributed by atoms with E-state index in [1.807, 2.05) is 6.07 Å². The van der Waals surface area contributed by atoms with Crippen LogP contribution in [0.25, 0.3) is 0 Å². The van der Waals surface area contributed by atoms with Gasteiger partial charge < -0.3 is 9.53 Å². The number of nitriles is 1. The maximum atomic E-state index is 10.9. The van der Waals surface area contributed by atoms with E-state index < -0.39 is 10.0 Å². The second kappa shape index (κ2) is 6.24. The first-order valence-electron chi connectivity index (χ1n) is 6.52. The van der Waals surface area contributed by atoms with Crippen LogP contribution in [0.5, 0.6) is 5.75 Å². The van der Waals surface area contributed by atoms with Gasteiger partial charge in [-0.2, -0.15) is 5.26 Å². The van der Waals surface area contributed by atoms with E-state index in [0.717, 1.165) is 23.7 Å². The number of aldehydes is 1. The lowest BCUT2D eigenvalue weighted by Gasteiger charge is -2.11. The molecule has 0 amide bonds. The molecule has 0 radical (unpaired) electrons. The summed E-state index contributed by atoms with van der Waals surface area (Å²) in [4.78, 5) is 10.9. The number of fused-ring (bicyclic) bond motifs is 1. The number of hydrogen-bond acceptors (Lipinski definition) is 5. The average molecular weight is 308 g/mol. The van der Waals surface area contributed by atoms with Gasteiger partial charge in [0.2, 0.25) is 10.0 Å². The van der Waals surface area contributed by atoms with Crippen LogP contribution in [-0.4, -0.2) is 34.1 Å². The first-order chi connectivity index (χ1) is 9.94. The van der Waals surface area contributed by atoms with Crippen molar-refractivity contribution in [2.75, 3.05) is 19.4 Å². The third-order valence-corrected chi connectivity index (χ3v) is 4.08. The van der Waals surface area contributed by atoms with Crippen LogP contribution < -0.4 is 9.46 Å². The molecule has 0 bridgehead atoms. The zero-order chi connectivity index (χ0) is 15.5. The molecule has 0 heterocycles. The zero-order valence-corrected chi connectivity index (χ0v) is 12.4. The van der Waals surface area contributed by atoms with Gasteiger partial charge in [0.15, 0.2) is 0 Å². The normalized spacial score (nSPS) is 17.0. The summed E-state index contributed by atoms with van der Waals surface area (Å²) in [6.45, 7) is 0.273. The standard InChI is InChI=1S/C14H16N2O4S/c1-21(18,19)16-4-5-20-14-3-2-11-6-10(9-17)7-12(11)13(14)8-15/h2-3,9-10,16H,4-7H2,1H3. The topological polar surface area (TPSA) is 96.3 Å². The van der Waals surface area contributed by atoms with Crippen molar-refractivity contribution in [3.05, 3.63) is 28.8 Å². The Kier molecular flexibility index (Phi) is 4.60. The molecule has 0 saturated carbocycles. The Hall–Kier alpha value is -1.91. The second-order valence-corrected chi connectivity index (χ2v) is 6.84. The van der Waals surface area contributed by atoms with Gasteiger partial charge in [-0.25, -0.2) is 13.1 Å². The number of ether oxygens (including phenoxy) is 1. The Morgan fingerprint density at radius 1 is 1.48 bits per heavy atom. The van der Waals surface area contributed by atoms with Crippen LogP contribution in [0.4, 0.5) is 0 Å². The van der Waals surface area contributed by atoms with Crippen LogP contribution in [0.15, 0.2) is 12.1 Å². The van der Waals surface area contributed by atoms with E-state index in [1.54, 1.807) is 6.07 Å². The van der Waals surface area contributed by atoms with Crippen molar-refractivity contribution in [3.63, 3.8) is 0 Å². The first kappa shape index (κ1) is 15.5. The summed E-state index contributed by atoms with van der Waals surface area (Å²) < 4.78 is 29.7. The van der Waals surface area contributed by atoms with Gasteiger partial charge in [0.1, 0.15) is 24.7 Å². The Morgan fingerprint density at radius 2 is 2.24 bits per heavy atom. The molecule has 1 aromatic carbocycles. The Bertz CT molecular complexity index is 692. The molecule has 1 aliphatic rings. The van der Waals surface area contributed by atoms with Crippen molar-refractivity contribution in [2.24, 2.45) is 5.92 Å². The highest BCUT2D eigenvalue weighted by Crippen LogP contribution is 2.33. The monoisotopic (exact) mass is 308 g/mol. The molecule has 1 N–H and O–H groups in total. The Morgan fingerprint density at radius 3 is 2.86 bits per heavy atom. The smallest absolute Gasteiger partial charge is 0.208 e. The predicted molar refractivity (Wildman–Crippen MR) is 76.5 cm³/mol. The molecule has 1 atom stereocenters. The van der Waals surface area contributed by atoms with Crippen molar-refractivity contribution in [3.8, 4) is 11.8 Å². The lowest BCUT2D eigenvalue weighted by Crippen LogP contribution is -2.27. The van der Waals surface area contributed by atoms with Crippen LogP contribution in [-0.2, 0) is 27.7 Å². The molecule has 0 saturated heterocycles. The molecular weight excluding hydrogens is 292 g/mol. The van der Waals surface area contributed by atoms with E-state index in [4.69, 9.17) is 4.74 Å². The van der Waals surface area contributed by atoms with Crippen molar-refractivity contribution in [1.82, 2.24) is 4.72 Å². The molecule has 0 fully saturated rings. The van der Waals surface area contributed by atoms with Gasteiger partial charge in [0.05, 0.1) is 11.8 Å². The van der Waals surface area contributed by atoms with Gasteiger partial charge >= 0.3 is 0 Å². The minimum absolute atomic E-state index is 0.0748. The van der Waals surface area contributed by atoms with Crippen LogP contribution in [0.1, 0.15) is 16.7 Å². The highest BCUT2D eigenvalue weighted by Gasteiger charge is 2.25. The van der Waals surface area contributed by atoms with Gasteiger partial charge in [-0.15, -0.1) is 0 Å². The molecule has 7 heteroatoms. The molecule has 6 nitrogen and oxygen atoms in total. The molecule has 2 rings (SSSR count). The number of hydrogen-bond donors (Lipinski definition) is 1. The number of sulfonamides is 1. The second-order valence-electron chi connectivity index (χ2n) is 5.01. The minimum Gasteiger partial charge on any atom is -0.491 e. The number of nitrogens with one attached hydrogen (secondary N) is 1. The predicted octanol–water partition coefficient (Wildman–Crippen LogP) is 0.400. The zero-order valence-electron chi connectivity index (χ0n) is 11.6. The minimum atomic E-state index is -3.25. The summed E-state index contributed by atoms with van der Waals surface area (Å²) in [5, 5.41) is 9.30. The summed E-state index contributed by atoms with van der Waals surface area (Å²) in [7, 11) is -3.25. The van der Waals surface area contributed by atoms with E-state index in [1.165, 1.54) is 0 Å². The van der Waals surface area contributed by atoms with Crippen LogP contribution in [0.2, 0.25) is 0 Å². The fraction of sp³-hybridized carbons (Fsp3) is 0.429. The maximum Gasteiger partial charge on any atom is 0.208 e. The number of carbonyl (C=O) groups excluding carboxylic acids is 1. The number of rotatable bonds is 6. The quantitative estimate of drug-likeness (QED) is 0.606. The Balaban J connectivity index is 2.09. The fourth-order valence-corrected chi connectivity index (χ4v) is 2.89. The van der Waals surface area contributed by atoms with E-state index in [0.29, 0.717) is 24.2 Å². The van der Waals surface area contributed by atoms with E-state index in [9.17, 15) is 18.5 Å². The van der Waals surface area contributed by atoms with Crippen molar-refractivity contribution < 1.29 is 17.9 Å². The number of carbonyl (C=O) groups is 1. The van der Waals surface area contributed by atoms with Crippen LogP contribution in [0, 0.1) is 17.2 Å². The van der Waals surface area contributed by atoms with Gasteiger partial charge in [-0.05, 0) is 30.0 Å². The first-order valence-corrected chi connectivity index (χ1v) is 8.41. The molecule has 0 aromatic heterocycles. The number of benzene rings is 1. The summed E-state index contributed by atoms with van der Waals surface area (Å²) in [5.41, 5.74) is 2.31. The van der Waals surface area contributed by atoms with Crippen molar-refractivity contribution in [2.45, 2.75) is 12.8 Å². The molecule has 21 heavy (non-hydrogen) atoms. The average Bonchev–Trinajstić information content (AvgIpc) is 2.85. The summed E-state index contributed by atoms with van der Waals surface area (Å²) >= 11 is 0. The van der Waals surface area contributed by atoms with E-state index in [-0.39, 0.29) is 19.1 Å². The van der Waals surface area contributed by atoms with Crippen molar-refractivity contribution in [1.29, 1.82) is 5.26 Å². The molecular formula is C14H16N2O4S. The summed E-state index contributed by atoms with van der Waals surface area (Å²) in [6.07, 6.45) is 3.20. The fourth-order valence-electron chi connectivity index (χ4n) is 2.44. The van der Waals surface area contributed by atoms with Crippen LogP contribution >= 0.6 is 0 Å². The lowest BCUT2D eigenvalue weighted by molar-refractivity contribution is -0.110. The van der Waals surface area contributed by atoms with E-state index >= 15 is 0 Å². The molecule has 0 spiro atoms. The maximum absolute atomic E-state index is 10.9. The SMILES string of the molecule is CS(=O)(=O)NCCOc1ccc2c(c1C#N)CC(C=O)C2. The number of nitrogens with zero attached hydrogens (tertiary/aromatic N) is 1. The van der Waals surface area contributed by atoms with Gasteiger partial charge in [-0.1, -0.05) is 6.07 Å². The highest BCUT2D eigenvalue weighted by molar-refractivity contribution is 7.88. The Labute approximate surface area is 123 Å². The van der Waals surface area contributed by atoms with Crippen LogP contribution in [0.3, 0.4) is 0 Å².